The zero-order valence-corrected chi connectivity index (χ0v) is 14.6. The summed E-state index contributed by atoms with van der Waals surface area (Å²) in [4.78, 5) is 12.1. The second kappa shape index (κ2) is 8.57. The maximum atomic E-state index is 12.1. The van der Waals surface area contributed by atoms with Crippen LogP contribution in [0, 0.1) is 0 Å². The molecule has 0 fully saturated rings. The number of ether oxygens (including phenoxy) is 2. The van der Waals surface area contributed by atoms with E-state index < -0.39 is 5.91 Å². The fourth-order valence-electron chi connectivity index (χ4n) is 2.26. The van der Waals surface area contributed by atoms with Crippen LogP contribution in [0.25, 0.3) is 0 Å². The number of para-hydroxylation sites is 1. The Labute approximate surface area is 155 Å². The lowest BCUT2D eigenvalue weighted by atomic mass is 10.2. The van der Waals surface area contributed by atoms with Crippen LogP contribution in [0.1, 0.15) is 21.9 Å². The van der Waals surface area contributed by atoms with E-state index in [4.69, 9.17) is 13.9 Å². The van der Waals surface area contributed by atoms with E-state index in [0.717, 1.165) is 0 Å². The molecular formula is C20H18N2O5. The average Bonchev–Trinajstić information content (AvgIpc) is 3.16. The highest BCUT2D eigenvalue weighted by Crippen LogP contribution is 2.25. The molecule has 0 unspecified atom stereocenters. The highest BCUT2D eigenvalue weighted by atomic mass is 16.5. The average molecular weight is 366 g/mol. The molecule has 1 aromatic heterocycles. The Kier molecular flexibility index (Phi) is 5.73. The predicted molar refractivity (Wildman–Crippen MR) is 99.2 cm³/mol. The standard InChI is InChI=1S/C20H18N2O5/c1-25-18-9-7-14(11-17(18)23)12-21-22-20(24)19-10-8-16(27-19)13-26-15-5-3-2-4-6-15/h2-12,23H,13H2,1H3,(H,22,24)/b21-12-. The van der Waals surface area contributed by atoms with Crippen molar-refractivity contribution in [2.45, 2.75) is 6.61 Å². The van der Waals surface area contributed by atoms with Crippen molar-refractivity contribution in [2.75, 3.05) is 7.11 Å². The summed E-state index contributed by atoms with van der Waals surface area (Å²) in [5.74, 6) is 1.21. The molecule has 0 saturated carbocycles. The van der Waals surface area contributed by atoms with Crippen LogP contribution in [-0.4, -0.2) is 24.3 Å². The molecule has 1 heterocycles. The Morgan fingerprint density at radius 3 is 2.74 bits per heavy atom. The molecule has 0 saturated heterocycles. The van der Waals surface area contributed by atoms with Crippen LogP contribution in [0.3, 0.4) is 0 Å². The molecule has 0 radical (unpaired) electrons. The van der Waals surface area contributed by atoms with Crippen LogP contribution in [0.2, 0.25) is 0 Å². The number of nitrogens with zero attached hydrogens (tertiary/aromatic N) is 1. The quantitative estimate of drug-likeness (QED) is 0.494. The Balaban J connectivity index is 1.54. The highest BCUT2D eigenvalue weighted by Gasteiger charge is 2.11. The molecular weight excluding hydrogens is 348 g/mol. The summed E-state index contributed by atoms with van der Waals surface area (Å²) in [6, 6.07) is 17.3. The fourth-order valence-corrected chi connectivity index (χ4v) is 2.26. The van der Waals surface area contributed by atoms with E-state index in [-0.39, 0.29) is 18.1 Å². The third-order valence-corrected chi connectivity index (χ3v) is 3.59. The van der Waals surface area contributed by atoms with Crippen LogP contribution in [0.15, 0.2) is 70.2 Å². The Bertz CT molecular complexity index is 935. The summed E-state index contributed by atoms with van der Waals surface area (Å²) < 4.78 is 16.0. The zero-order chi connectivity index (χ0) is 19.1. The molecule has 7 nitrogen and oxygen atoms in total. The Morgan fingerprint density at radius 1 is 1.19 bits per heavy atom. The molecule has 0 aliphatic heterocycles. The van der Waals surface area contributed by atoms with E-state index in [1.165, 1.54) is 19.4 Å². The highest BCUT2D eigenvalue weighted by molar-refractivity contribution is 5.92. The van der Waals surface area contributed by atoms with Crippen LogP contribution < -0.4 is 14.9 Å². The molecule has 7 heteroatoms. The van der Waals surface area contributed by atoms with Crippen molar-refractivity contribution in [1.82, 2.24) is 5.43 Å². The van der Waals surface area contributed by atoms with Gasteiger partial charge >= 0.3 is 5.91 Å². The van der Waals surface area contributed by atoms with Gasteiger partial charge in [0.25, 0.3) is 0 Å². The first-order valence-electron chi connectivity index (χ1n) is 8.12. The van der Waals surface area contributed by atoms with Gasteiger partial charge in [0.2, 0.25) is 0 Å². The molecule has 0 spiro atoms. The summed E-state index contributed by atoms with van der Waals surface area (Å²) in [5, 5.41) is 13.6. The summed E-state index contributed by atoms with van der Waals surface area (Å²) in [5.41, 5.74) is 2.97. The number of methoxy groups -OCH3 is 1. The Morgan fingerprint density at radius 2 is 2.00 bits per heavy atom. The first-order valence-corrected chi connectivity index (χ1v) is 8.12. The number of phenols is 1. The number of phenolic OH excluding ortho intramolecular Hbond substituents is 1. The SMILES string of the molecule is COc1ccc(/C=N\NC(=O)c2ccc(COc3ccccc3)o2)cc1O. The number of aromatic hydroxyl groups is 1. The molecule has 0 bridgehead atoms. The monoisotopic (exact) mass is 366 g/mol. The van der Waals surface area contributed by atoms with Crippen LogP contribution in [-0.2, 0) is 6.61 Å². The van der Waals surface area contributed by atoms with Gasteiger partial charge in [-0.05, 0) is 48.0 Å². The number of carbonyl (C=O) groups is 1. The molecule has 3 aromatic rings. The minimum Gasteiger partial charge on any atom is -0.504 e. The smallest absolute Gasteiger partial charge is 0.307 e. The summed E-state index contributed by atoms with van der Waals surface area (Å²) in [7, 11) is 1.46. The minimum atomic E-state index is -0.491. The molecule has 0 aliphatic rings. The van der Waals surface area contributed by atoms with Crippen molar-refractivity contribution in [3.05, 3.63) is 77.7 Å². The van der Waals surface area contributed by atoms with E-state index in [0.29, 0.717) is 22.8 Å². The van der Waals surface area contributed by atoms with Crippen molar-refractivity contribution in [1.29, 1.82) is 0 Å². The van der Waals surface area contributed by atoms with E-state index in [2.05, 4.69) is 10.5 Å². The third kappa shape index (κ3) is 4.88. The van der Waals surface area contributed by atoms with Crippen molar-refractivity contribution in [2.24, 2.45) is 5.10 Å². The van der Waals surface area contributed by atoms with Gasteiger partial charge in [0.05, 0.1) is 13.3 Å². The first-order chi connectivity index (χ1) is 13.2. The second-order valence-electron chi connectivity index (χ2n) is 5.50. The normalized spacial score (nSPS) is 10.7. The topological polar surface area (TPSA) is 93.3 Å². The van der Waals surface area contributed by atoms with E-state index in [1.54, 1.807) is 24.3 Å². The van der Waals surface area contributed by atoms with Gasteiger partial charge < -0.3 is 19.0 Å². The molecule has 0 atom stereocenters. The second-order valence-corrected chi connectivity index (χ2v) is 5.50. The van der Waals surface area contributed by atoms with Crippen LogP contribution in [0.5, 0.6) is 17.2 Å². The number of hydrogen-bond donors (Lipinski definition) is 2. The number of hydrogen-bond acceptors (Lipinski definition) is 6. The number of benzene rings is 2. The molecule has 3 rings (SSSR count). The lowest BCUT2D eigenvalue weighted by Crippen LogP contribution is -2.16. The van der Waals surface area contributed by atoms with E-state index in [1.807, 2.05) is 30.3 Å². The summed E-state index contributed by atoms with van der Waals surface area (Å²) >= 11 is 0. The largest absolute Gasteiger partial charge is 0.504 e. The number of amides is 1. The van der Waals surface area contributed by atoms with E-state index in [9.17, 15) is 9.90 Å². The number of furan rings is 1. The third-order valence-electron chi connectivity index (χ3n) is 3.59. The summed E-state index contributed by atoms with van der Waals surface area (Å²) in [6.07, 6.45) is 1.40. The molecule has 27 heavy (non-hydrogen) atoms. The Hall–Kier alpha value is -3.74. The van der Waals surface area contributed by atoms with Gasteiger partial charge in [0.1, 0.15) is 18.1 Å². The lowest BCUT2D eigenvalue weighted by Gasteiger charge is -2.03. The number of nitrogens with one attached hydrogen (secondary N) is 1. The van der Waals surface area contributed by atoms with Crippen molar-refractivity contribution >= 4 is 12.1 Å². The lowest BCUT2D eigenvalue weighted by molar-refractivity contribution is 0.0923. The van der Waals surface area contributed by atoms with Crippen molar-refractivity contribution < 1.29 is 23.8 Å². The zero-order valence-electron chi connectivity index (χ0n) is 14.6. The molecule has 138 valence electrons. The van der Waals surface area contributed by atoms with Gasteiger partial charge in [-0.3, -0.25) is 4.79 Å². The molecule has 2 aromatic carbocycles. The maximum Gasteiger partial charge on any atom is 0.307 e. The van der Waals surface area contributed by atoms with Gasteiger partial charge in [-0.15, -0.1) is 0 Å². The van der Waals surface area contributed by atoms with E-state index >= 15 is 0 Å². The van der Waals surface area contributed by atoms with Crippen molar-refractivity contribution in [3.63, 3.8) is 0 Å². The maximum absolute atomic E-state index is 12.1. The summed E-state index contributed by atoms with van der Waals surface area (Å²) in [6.45, 7) is 0.214. The van der Waals surface area contributed by atoms with Gasteiger partial charge in [-0.25, -0.2) is 5.43 Å². The molecule has 2 N–H and O–H groups in total. The first kappa shape index (κ1) is 18.1. The molecule has 1 amide bonds. The van der Waals surface area contributed by atoms with Gasteiger partial charge in [0, 0.05) is 0 Å². The molecule has 0 aliphatic carbocycles. The minimum absolute atomic E-state index is 0.0122. The van der Waals surface area contributed by atoms with Crippen LogP contribution in [0.4, 0.5) is 0 Å². The number of hydrazone groups is 1. The van der Waals surface area contributed by atoms with Gasteiger partial charge in [0.15, 0.2) is 17.3 Å². The number of rotatable bonds is 7. The number of carbonyl (C=O) groups excluding carboxylic acids is 1. The van der Waals surface area contributed by atoms with Gasteiger partial charge in [-0.1, -0.05) is 18.2 Å². The fraction of sp³-hybridized carbons (Fsp3) is 0.100. The van der Waals surface area contributed by atoms with Crippen LogP contribution >= 0.6 is 0 Å². The van der Waals surface area contributed by atoms with Crippen molar-refractivity contribution in [3.8, 4) is 17.2 Å². The predicted octanol–water partition coefficient (Wildman–Crippen LogP) is 3.34. The van der Waals surface area contributed by atoms with Gasteiger partial charge in [-0.2, -0.15) is 5.10 Å².